The van der Waals surface area contributed by atoms with E-state index in [1.807, 2.05) is 67.6 Å². The third-order valence-corrected chi connectivity index (χ3v) is 6.68. The molecule has 3 aromatic carbocycles. The number of hydrazone groups is 1. The molecule has 4 aromatic rings. The van der Waals surface area contributed by atoms with Crippen LogP contribution in [0.2, 0.25) is 5.02 Å². The molecule has 0 spiro atoms. The molecule has 0 saturated heterocycles. The van der Waals surface area contributed by atoms with Crippen molar-refractivity contribution in [1.82, 2.24) is 5.43 Å². The van der Waals surface area contributed by atoms with Gasteiger partial charge in [-0.15, -0.1) is 0 Å². The van der Waals surface area contributed by atoms with Crippen LogP contribution in [0.1, 0.15) is 57.3 Å². The molecule has 0 atom stereocenters. The molecular weight excluding hydrogens is 486 g/mol. The van der Waals surface area contributed by atoms with Gasteiger partial charge >= 0.3 is 0 Å². The van der Waals surface area contributed by atoms with Gasteiger partial charge in [-0.25, -0.2) is 5.43 Å². The first-order valence-electron chi connectivity index (χ1n) is 12.2. The molecule has 2 amide bonds. The number of carbonyl (C=O) groups is 2. The number of anilines is 1. The minimum Gasteiger partial charge on any atom is -0.455 e. The molecule has 186 valence electrons. The fraction of sp³-hybridized carbons (Fsp3) is 0.167. The number of halogens is 1. The minimum atomic E-state index is -0.501. The van der Waals surface area contributed by atoms with Crippen molar-refractivity contribution in [3.8, 4) is 0 Å². The SMILES string of the molecule is Cc1c(C(=O)Nc2cccc(Cl)c2)oc2c1/C(=N/NC(=O)C(c1ccccc1)c1ccccc1)CCC2. The topological polar surface area (TPSA) is 83.7 Å². The molecule has 7 heteroatoms. The van der Waals surface area contributed by atoms with E-state index in [0.717, 1.165) is 23.1 Å². The highest BCUT2D eigenvalue weighted by molar-refractivity contribution is 6.31. The number of fused-ring (bicyclic) bond motifs is 1. The lowest BCUT2D eigenvalue weighted by Gasteiger charge is -2.18. The van der Waals surface area contributed by atoms with Gasteiger partial charge in [0.1, 0.15) is 5.76 Å². The van der Waals surface area contributed by atoms with E-state index in [2.05, 4.69) is 15.8 Å². The van der Waals surface area contributed by atoms with Gasteiger partial charge in [0.25, 0.3) is 11.8 Å². The smallest absolute Gasteiger partial charge is 0.291 e. The first-order valence-corrected chi connectivity index (χ1v) is 12.5. The van der Waals surface area contributed by atoms with Crippen LogP contribution in [0.3, 0.4) is 0 Å². The average molecular weight is 512 g/mol. The molecule has 1 aliphatic rings. The number of aryl methyl sites for hydroxylation is 1. The molecule has 0 radical (unpaired) electrons. The summed E-state index contributed by atoms with van der Waals surface area (Å²) < 4.78 is 5.99. The quantitative estimate of drug-likeness (QED) is 0.290. The second-order valence-corrected chi connectivity index (χ2v) is 9.40. The zero-order valence-corrected chi connectivity index (χ0v) is 21.1. The average Bonchev–Trinajstić information content (AvgIpc) is 3.26. The normalized spacial score (nSPS) is 13.9. The van der Waals surface area contributed by atoms with E-state index in [9.17, 15) is 9.59 Å². The monoisotopic (exact) mass is 511 g/mol. The highest BCUT2D eigenvalue weighted by Crippen LogP contribution is 2.31. The van der Waals surface area contributed by atoms with Gasteiger partial charge in [0.2, 0.25) is 0 Å². The lowest BCUT2D eigenvalue weighted by Crippen LogP contribution is -2.28. The summed E-state index contributed by atoms with van der Waals surface area (Å²) in [5.74, 6) is -0.143. The van der Waals surface area contributed by atoms with Crippen LogP contribution in [0.4, 0.5) is 5.69 Å². The maximum atomic E-state index is 13.4. The number of nitrogens with zero attached hydrogens (tertiary/aromatic N) is 1. The molecule has 0 saturated carbocycles. The molecule has 0 aliphatic heterocycles. The lowest BCUT2D eigenvalue weighted by molar-refractivity contribution is -0.121. The first kappa shape index (κ1) is 24.5. The Bertz CT molecular complexity index is 1420. The maximum Gasteiger partial charge on any atom is 0.291 e. The van der Waals surface area contributed by atoms with Gasteiger partial charge in [0.05, 0.1) is 11.6 Å². The standard InChI is InChI=1S/C30H26ClN3O3/c1-19-26-24(16-9-17-25(26)37-28(19)30(36)32-23-15-8-14-22(31)18-23)33-34-29(35)27(20-10-4-2-5-11-20)21-12-6-3-7-13-21/h2-8,10-15,18,27H,9,16-17H2,1H3,(H,32,36)(H,34,35)/b33-24+. The van der Waals surface area contributed by atoms with Gasteiger partial charge in [-0.1, -0.05) is 78.3 Å². The first-order chi connectivity index (χ1) is 18.0. The Kier molecular flexibility index (Phi) is 7.19. The van der Waals surface area contributed by atoms with Gasteiger partial charge in [0.15, 0.2) is 5.76 Å². The predicted octanol–water partition coefficient (Wildman–Crippen LogP) is 6.48. The Morgan fingerprint density at radius 3 is 2.24 bits per heavy atom. The molecule has 1 aromatic heterocycles. The number of amides is 2. The molecule has 0 bridgehead atoms. The third-order valence-electron chi connectivity index (χ3n) is 6.44. The van der Waals surface area contributed by atoms with Crippen LogP contribution in [-0.4, -0.2) is 17.5 Å². The van der Waals surface area contributed by atoms with E-state index in [4.69, 9.17) is 16.0 Å². The van der Waals surface area contributed by atoms with Crippen LogP contribution in [0, 0.1) is 6.92 Å². The van der Waals surface area contributed by atoms with Crippen LogP contribution in [0.25, 0.3) is 0 Å². The van der Waals surface area contributed by atoms with Crippen LogP contribution in [0.15, 0.2) is 94.4 Å². The van der Waals surface area contributed by atoms with Gasteiger partial charge in [0, 0.05) is 28.3 Å². The largest absolute Gasteiger partial charge is 0.455 e. The van der Waals surface area contributed by atoms with Gasteiger partial charge < -0.3 is 9.73 Å². The van der Waals surface area contributed by atoms with Crippen LogP contribution in [0.5, 0.6) is 0 Å². The van der Waals surface area contributed by atoms with Gasteiger partial charge in [-0.3, -0.25) is 9.59 Å². The molecule has 0 fully saturated rings. The van der Waals surface area contributed by atoms with Crippen molar-refractivity contribution in [2.45, 2.75) is 32.1 Å². The van der Waals surface area contributed by atoms with Crippen LogP contribution < -0.4 is 10.7 Å². The van der Waals surface area contributed by atoms with Crippen LogP contribution in [-0.2, 0) is 11.2 Å². The number of rotatable bonds is 6. The number of nitrogens with one attached hydrogen (secondary N) is 2. The Morgan fingerprint density at radius 1 is 0.919 bits per heavy atom. The predicted molar refractivity (Wildman–Crippen MR) is 145 cm³/mol. The summed E-state index contributed by atoms with van der Waals surface area (Å²) in [5.41, 5.74) is 7.34. The summed E-state index contributed by atoms with van der Waals surface area (Å²) >= 11 is 6.04. The zero-order chi connectivity index (χ0) is 25.8. The number of hydrogen-bond donors (Lipinski definition) is 2. The minimum absolute atomic E-state index is 0.225. The summed E-state index contributed by atoms with van der Waals surface area (Å²) in [6, 6.07) is 26.2. The summed E-state index contributed by atoms with van der Waals surface area (Å²) in [6.45, 7) is 1.84. The summed E-state index contributed by atoms with van der Waals surface area (Å²) in [6.07, 6.45) is 2.18. The van der Waals surface area contributed by atoms with E-state index >= 15 is 0 Å². The number of furan rings is 1. The van der Waals surface area contributed by atoms with E-state index in [0.29, 0.717) is 40.6 Å². The zero-order valence-electron chi connectivity index (χ0n) is 20.3. The summed E-state index contributed by atoms with van der Waals surface area (Å²) in [4.78, 5) is 26.4. The Balaban J connectivity index is 1.40. The molecule has 5 rings (SSSR count). The van der Waals surface area contributed by atoms with E-state index in [-0.39, 0.29) is 17.6 Å². The number of hydrogen-bond acceptors (Lipinski definition) is 4. The second-order valence-electron chi connectivity index (χ2n) is 8.96. The molecule has 0 unspecified atom stereocenters. The second kappa shape index (κ2) is 10.8. The Hall–Kier alpha value is -4.16. The van der Waals surface area contributed by atoms with E-state index < -0.39 is 5.92 Å². The summed E-state index contributed by atoms with van der Waals surface area (Å²) in [7, 11) is 0. The maximum absolute atomic E-state index is 13.4. The lowest BCUT2D eigenvalue weighted by atomic mass is 9.90. The van der Waals surface area contributed by atoms with Crippen molar-refractivity contribution in [2.24, 2.45) is 5.10 Å². The molecular formula is C30H26ClN3O3. The molecule has 1 aliphatic carbocycles. The molecule has 37 heavy (non-hydrogen) atoms. The fourth-order valence-electron chi connectivity index (χ4n) is 4.72. The van der Waals surface area contributed by atoms with Gasteiger partial charge in [-0.2, -0.15) is 5.10 Å². The van der Waals surface area contributed by atoms with Crippen molar-refractivity contribution in [2.75, 3.05) is 5.32 Å². The van der Waals surface area contributed by atoms with Crippen molar-refractivity contribution in [3.63, 3.8) is 0 Å². The summed E-state index contributed by atoms with van der Waals surface area (Å²) in [5, 5.41) is 7.90. The molecule has 1 heterocycles. The van der Waals surface area contributed by atoms with Crippen LogP contribution >= 0.6 is 11.6 Å². The van der Waals surface area contributed by atoms with Crippen molar-refractivity contribution in [3.05, 3.63) is 124 Å². The number of carbonyl (C=O) groups excluding carboxylic acids is 2. The molecule has 6 nitrogen and oxygen atoms in total. The van der Waals surface area contributed by atoms with Crippen molar-refractivity contribution < 1.29 is 14.0 Å². The third kappa shape index (κ3) is 5.34. The highest BCUT2D eigenvalue weighted by Gasteiger charge is 2.29. The van der Waals surface area contributed by atoms with Crippen molar-refractivity contribution >= 4 is 34.8 Å². The Morgan fingerprint density at radius 2 is 1.59 bits per heavy atom. The van der Waals surface area contributed by atoms with E-state index in [1.54, 1.807) is 24.3 Å². The van der Waals surface area contributed by atoms with Gasteiger partial charge in [-0.05, 0) is 49.1 Å². The van der Waals surface area contributed by atoms with E-state index in [1.165, 1.54) is 0 Å². The highest BCUT2D eigenvalue weighted by atomic mass is 35.5. The van der Waals surface area contributed by atoms with Crippen molar-refractivity contribution in [1.29, 1.82) is 0 Å². The fourth-order valence-corrected chi connectivity index (χ4v) is 4.91. The Labute approximate surface area is 220 Å². The molecule has 2 N–H and O–H groups in total. The number of benzene rings is 3.